The standard InChI is InChI=1S/C22H17Cl2NS/c1-16-5-11-21(12-6-16)26-14-13-22(17-7-9-18(23)10-8-17)25-20-4-2-3-19(24)15-20/h2-15H,1H3/b14-13+,25-22-. The number of thioether (sulfide) groups is 1. The van der Waals surface area contributed by atoms with Crippen LogP contribution in [0.5, 0.6) is 0 Å². The van der Waals surface area contributed by atoms with Gasteiger partial charge < -0.3 is 0 Å². The van der Waals surface area contributed by atoms with E-state index in [4.69, 9.17) is 28.2 Å². The van der Waals surface area contributed by atoms with Crippen molar-refractivity contribution in [2.75, 3.05) is 0 Å². The Labute approximate surface area is 168 Å². The maximum atomic E-state index is 6.08. The molecule has 0 amide bonds. The van der Waals surface area contributed by atoms with Gasteiger partial charge in [-0.25, -0.2) is 4.99 Å². The highest BCUT2D eigenvalue weighted by Crippen LogP contribution is 2.23. The van der Waals surface area contributed by atoms with E-state index < -0.39 is 0 Å². The van der Waals surface area contributed by atoms with Gasteiger partial charge in [0, 0.05) is 20.5 Å². The minimum atomic E-state index is 0.666. The van der Waals surface area contributed by atoms with Gasteiger partial charge in [0.25, 0.3) is 0 Å². The second-order valence-corrected chi connectivity index (χ2v) is 7.57. The molecular weight excluding hydrogens is 381 g/mol. The van der Waals surface area contributed by atoms with Gasteiger partial charge in [0.15, 0.2) is 0 Å². The second-order valence-electron chi connectivity index (χ2n) is 5.72. The third-order valence-corrected chi connectivity index (χ3v) is 4.95. The Balaban J connectivity index is 1.88. The Morgan fingerprint density at radius 2 is 1.62 bits per heavy atom. The summed E-state index contributed by atoms with van der Waals surface area (Å²) in [5.74, 6) is 0. The molecule has 26 heavy (non-hydrogen) atoms. The lowest BCUT2D eigenvalue weighted by Crippen LogP contribution is -1.95. The molecule has 3 rings (SSSR count). The van der Waals surface area contributed by atoms with Gasteiger partial charge in [-0.05, 0) is 60.9 Å². The first-order chi connectivity index (χ1) is 12.6. The fourth-order valence-corrected chi connectivity index (χ4v) is 3.26. The Bertz CT molecular complexity index is 929. The highest BCUT2D eigenvalue weighted by atomic mass is 35.5. The van der Waals surface area contributed by atoms with Gasteiger partial charge in [-0.15, -0.1) is 0 Å². The second kappa shape index (κ2) is 9.09. The van der Waals surface area contributed by atoms with Crippen molar-refractivity contribution < 1.29 is 0 Å². The Hall–Kier alpha value is -2.00. The maximum absolute atomic E-state index is 6.08. The predicted molar refractivity (Wildman–Crippen MR) is 115 cm³/mol. The van der Waals surface area contributed by atoms with E-state index in [1.807, 2.05) is 60.0 Å². The largest absolute Gasteiger partial charge is 0.248 e. The van der Waals surface area contributed by atoms with Gasteiger partial charge >= 0.3 is 0 Å². The lowest BCUT2D eigenvalue weighted by atomic mass is 10.1. The minimum absolute atomic E-state index is 0.666. The molecule has 0 heterocycles. The van der Waals surface area contributed by atoms with E-state index in [1.54, 1.807) is 11.8 Å². The average molecular weight is 398 g/mol. The Kier molecular flexibility index (Phi) is 6.56. The third-order valence-electron chi connectivity index (χ3n) is 3.65. The summed E-state index contributed by atoms with van der Waals surface area (Å²) < 4.78 is 0. The van der Waals surface area contributed by atoms with Crippen molar-refractivity contribution in [2.45, 2.75) is 11.8 Å². The van der Waals surface area contributed by atoms with Crippen LogP contribution in [-0.4, -0.2) is 5.71 Å². The molecule has 3 aromatic carbocycles. The predicted octanol–water partition coefficient (Wildman–Crippen LogP) is 7.73. The summed E-state index contributed by atoms with van der Waals surface area (Å²) in [6.07, 6.45) is 2.01. The van der Waals surface area contributed by atoms with Crippen LogP contribution in [0.25, 0.3) is 0 Å². The third kappa shape index (κ3) is 5.50. The van der Waals surface area contributed by atoms with Gasteiger partial charge in [-0.1, -0.05) is 70.9 Å². The highest BCUT2D eigenvalue weighted by Gasteiger charge is 2.02. The zero-order valence-corrected chi connectivity index (χ0v) is 16.5. The van der Waals surface area contributed by atoms with Crippen molar-refractivity contribution in [3.05, 3.63) is 105 Å². The molecule has 0 aliphatic heterocycles. The zero-order chi connectivity index (χ0) is 18.4. The first-order valence-corrected chi connectivity index (χ1v) is 9.74. The van der Waals surface area contributed by atoms with Crippen molar-refractivity contribution in [1.29, 1.82) is 0 Å². The van der Waals surface area contributed by atoms with Gasteiger partial charge in [-0.3, -0.25) is 0 Å². The molecule has 1 nitrogen and oxygen atoms in total. The number of hydrogen-bond donors (Lipinski definition) is 0. The molecule has 4 heteroatoms. The van der Waals surface area contributed by atoms with Crippen LogP contribution in [0.4, 0.5) is 5.69 Å². The lowest BCUT2D eigenvalue weighted by Gasteiger charge is -2.04. The number of allylic oxidation sites excluding steroid dienone is 1. The molecule has 0 aromatic heterocycles. The van der Waals surface area contributed by atoms with Crippen LogP contribution < -0.4 is 0 Å². The molecule has 3 aromatic rings. The average Bonchev–Trinajstić information content (AvgIpc) is 2.63. The molecule has 0 saturated heterocycles. The van der Waals surface area contributed by atoms with Crippen LogP contribution in [0, 0.1) is 6.92 Å². The van der Waals surface area contributed by atoms with Gasteiger partial charge in [0.2, 0.25) is 0 Å². The fraction of sp³-hybridized carbons (Fsp3) is 0.0455. The van der Waals surface area contributed by atoms with Crippen molar-refractivity contribution in [3.8, 4) is 0 Å². The quantitative estimate of drug-likeness (QED) is 0.316. The topological polar surface area (TPSA) is 12.4 Å². The van der Waals surface area contributed by atoms with E-state index in [1.165, 1.54) is 10.5 Å². The molecule has 0 bridgehead atoms. The SMILES string of the molecule is Cc1ccc(S/C=C/C(=N/c2cccc(Cl)c2)c2ccc(Cl)cc2)cc1. The molecule has 0 unspecified atom stereocenters. The number of nitrogens with zero attached hydrogens (tertiary/aromatic N) is 1. The molecule has 0 spiro atoms. The van der Waals surface area contributed by atoms with Gasteiger partial charge in [0.05, 0.1) is 11.4 Å². The van der Waals surface area contributed by atoms with Crippen LogP contribution in [-0.2, 0) is 0 Å². The molecule has 0 radical (unpaired) electrons. The first kappa shape index (κ1) is 18.8. The molecule has 0 fully saturated rings. The minimum Gasteiger partial charge on any atom is -0.248 e. The van der Waals surface area contributed by atoms with Gasteiger partial charge in [-0.2, -0.15) is 0 Å². The van der Waals surface area contributed by atoms with Crippen molar-refractivity contribution in [2.24, 2.45) is 4.99 Å². The number of benzene rings is 3. The molecule has 0 atom stereocenters. The Morgan fingerprint density at radius 1 is 0.885 bits per heavy atom. The van der Waals surface area contributed by atoms with E-state index in [2.05, 4.69) is 31.2 Å². The van der Waals surface area contributed by atoms with Crippen LogP contribution in [0.15, 0.2) is 94.2 Å². The monoisotopic (exact) mass is 397 g/mol. The number of rotatable bonds is 5. The van der Waals surface area contributed by atoms with Gasteiger partial charge in [0.1, 0.15) is 0 Å². The number of hydrogen-bond acceptors (Lipinski definition) is 2. The molecule has 130 valence electrons. The van der Waals surface area contributed by atoms with Crippen molar-refractivity contribution in [3.63, 3.8) is 0 Å². The van der Waals surface area contributed by atoms with E-state index in [-0.39, 0.29) is 0 Å². The molecule has 0 N–H and O–H groups in total. The number of aliphatic imine (C=N–C) groups is 1. The van der Waals surface area contributed by atoms with Crippen molar-refractivity contribution >= 4 is 46.4 Å². The molecular formula is C22H17Cl2NS. The summed E-state index contributed by atoms with van der Waals surface area (Å²) in [4.78, 5) is 5.94. The summed E-state index contributed by atoms with van der Waals surface area (Å²) in [7, 11) is 0. The molecule has 0 aliphatic carbocycles. The molecule has 0 aliphatic rings. The first-order valence-electron chi connectivity index (χ1n) is 8.10. The maximum Gasteiger partial charge on any atom is 0.0714 e. The summed E-state index contributed by atoms with van der Waals surface area (Å²) in [6, 6.07) is 23.6. The van der Waals surface area contributed by atoms with E-state index in [0.29, 0.717) is 10.0 Å². The lowest BCUT2D eigenvalue weighted by molar-refractivity contribution is 1.38. The Morgan fingerprint density at radius 3 is 2.31 bits per heavy atom. The summed E-state index contributed by atoms with van der Waals surface area (Å²) in [5.41, 5.74) is 3.91. The smallest absolute Gasteiger partial charge is 0.0714 e. The molecule has 0 saturated carbocycles. The normalized spacial score (nSPS) is 11.9. The summed E-state index contributed by atoms with van der Waals surface area (Å²) >= 11 is 13.8. The fourth-order valence-electron chi connectivity index (χ4n) is 2.30. The summed E-state index contributed by atoms with van der Waals surface area (Å²) in [6.45, 7) is 2.08. The van der Waals surface area contributed by atoms with Crippen molar-refractivity contribution in [1.82, 2.24) is 0 Å². The van der Waals surface area contributed by atoms with Crippen LogP contribution >= 0.6 is 35.0 Å². The number of aryl methyl sites for hydroxylation is 1. The van der Waals surface area contributed by atoms with E-state index in [9.17, 15) is 0 Å². The van der Waals surface area contributed by atoms with Crippen LogP contribution in [0.3, 0.4) is 0 Å². The van der Waals surface area contributed by atoms with Crippen LogP contribution in [0.2, 0.25) is 10.0 Å². The number of halogens is 2. The zero-order valence-electron chi connectivity index (χ0n) is 14.2. The van der Waals surface area contributed by atoms with Crippen LogP contribution in [0.1, 0.15) is 11.1 Å². The van der Waals surface area contributed by atoms with E-state index in [0.717, 1.165) is 17.0 Å². The van der Waals surface area contributed by atoms with E-state index >= 15 is 0 Å². The highest BCUT2D eigenvalue weighted by molar-refractivity contribution is 8.02. The summed E-state index contributed by atoms with van der Waals surface area (Å²) in [5, 5.41) is 3.41.